The molecule has 1 aliphatic carbocycles. The van der Waals surface area contributed by atoms with Crippen LogP contribution in [0.25, 0.3) is 17.0 Å². The highest BCUT2D eigenvalue weighted by atomic mass is 35.5. The second-order valence-electron chi connectivity index (χ2n) is 8.72. The summed E-state index contributed by atoms with van der Waals surface area (Å²) < 4.78 is 3.04. The van der Waals surface area contributed by atoms with Crippen LogP contribution < -0.4 is 10.9 Å². The molecule has 2 aromatic carbocycles. The number of rotatable bonds is 5. The molecule has 1 aliphatic rings. The van der Waals surface area contributed by atoms with Crippen LogP contribution in [0.4, 0.5) is 5.69 Å². The van der Waals surface area contributed by atoms with Crippen LogP contribution in [0, 0.1) is 0 Å². The van der Waals surface area contributed by atoms with E-state index in [1.54, 1.807) is 28.7 Å². The van der Waals surface area contributed by atoms with Gasteiger partial charge >= 0.3 is 0 Å². The molecule has 174 valence electrons. The highest BCUT2D eigenvalue weighted by molar-refractivity contribution is 7.98. The van der Waals surface area contributed by atoms with Crippen molar-refractivity contribution in [2.45, 2.75) is 43.8 Å². The van der Waals surface area contributed by atoms with Gasteiger partial charge in [-0.25, -0.2) is 14.1 Å². The fourth-order valence-electron chi connectivity index (χ4n) is 4.61. The minimum atomic E-state index is -0.335. The molecule has 7 nitrogen and oxygen atoms in total. The average Bonchev–Trinajstić information content (AvgIpc) is 3.18. The van der Waals surface area contributed by atoms with Crippen molar-refractivity contribution in [3.8, 4) is 11.3 Å². The number of nitrogens with one attached hydrogen (secondary N) is 1. The summed E-state index contributed by atoms with van der Waals surface area (Å²) in [5.41, 5.74) is 3.71. The summed E-state index contributed by atoms with van der Waals surface area (Å²) in [5, 5.41) is 8.50. The number of anilines is 1. The Morgan fingerprint density at radius 3 is 2.65 bits per heavy atom. The molecular weight excluding hydrogens is 470 g/mol. The fourth-order valence-corrected chi connectivity index (χ4v) is 5.26. The predicted molar refractivity (Wildman–Crippen MR) is 136 cm³/mol. The molecule has 1 N–H and O–H groups in total. The number of amides is 1. The molecule has 0 radical (unpaired) electrons. The minimum Gasteiger partial charge on any atom is -0.324 e. The zero-order valence-electron chi connectivity index (χ0n) is 19.1. The van der Waals surface area contributed by atoms with Crippen molar-refractivity contribution in [1.29, 1.82) is 0 Å². The first-order valence-electron chi connectivity index (χ1n) is 11.1. The summed E-state index contributed by atoms with van der Waals surface area (Å²) in [6, 6.07) is 15.0. The highest BCUT2D eigenvalue weighted by Crippen LogP contribution is 2.42. The maximum Gasteiger partial charge on any atom is 0.265 e. The first kappa shape index (κ1) is 22.7. The van der Waals surface area contributed by atoms with Crippen molar-refractivity contribution in [1.82, 2.24) is 19.2 Å². The number of carbonyl (C=O) groups is 1. The van der Waals surface area contributed by atoms with Crippen LogP contribution in [0.3, 0.4) is 0 Å². The Bertz CT molecular complexity index is 1480. The SMILES string of the molecule is CCC1(C)Cc2ccccc2-c2nc3n(CC(=O)Nc4ccc(Cl)cc4)nc(SC)n3c(=O)c21. The van der Waals surface area contributed by atoms with Gasteiger partial charge in [0.25, 0.3) is 5.56 Å². The Labute approximate surface area is 206 Å². The van der Waals surface area contributed by atoms with Crippen LogP contribution in [0.2, 0.25) is 5.02 Å². The molecule has 1 atom stereocenters. The summed E-state index contributed by atoms with van der Waals surface area (Å²) in [6.45, 7) is 4.15. The van der Waals surface area contributed by atoms with Gasteiger partial charge in [0.15, 0.2) is 5.16 Å². The number of halogens is 1. The van der Waals surface area contributed by atoms with E-state index in [1.807, 2.05) is 24.5 Å². The Morgan fingerprint density at radius 1 is 1.21 bits per heavy atom. The van der Waals surface area contributed by atoms with Crippen LogP contribution in [-0.4, -0.2) is 31.3 Å². The van der Waals surface area contributed by atoms with Gasteiger partial charge in [-0.2, -0.15) is 0 Å². The zero-order chi connectivity index (χ0) is 24.0. The van der Waals surface area contributed by atoms with E-state index in [0.717, 1.165) is 18.4 Å². The molecule has 34 heavy (non-hydrogen) atoms. The molecule has 1 amide bonds. The molecule has 0 fully saturated rings. The van der Waals surface area contributed by atoms with E-state index >= 15 is 0 Å². The van der Waals surface area contributed by atoms with Crippen molar-refractivity contribution >= 4 is 40.7 Å². The van der Waals surface area contributed by atoms with Gasteiger partial charge in [-0.1, -0.05) is 61.5 Å². The van der Waals surface area contributed by atoms with E-state index in [1.165, 1.54) is 22.0 Å². The number of thioether (sulfide) groups is 1. The van der Waals surface area contributed by atoms with Gasteiger partial charge < -0.3 is 5.32 Å². The predicted octanol–water partition coefficient (Wildman–Crippen LogP) is 4.80. The maximum absolute atomic E-state index is 13.9. The summed E-state index contributed by atoms with van der Waals surface area (Å²) >= 11 is 7.29. The molecule has 0 aliphatic heterocycles. The standard InChI is InChI=1S/C25H24ClN5O2S/c1-4-25(2)13-15-7-5-6-8-18(15)21-20(25)22(33)31-23(28-21)30(29-24(31)34-3)14-19(32)27-17-11-9-16(26)10-12-17/h5-12H,4,13-14H2,1-3H3,(H,27,32). The Morgan fingerprint density at radius 2 is 1.94 bits per heavy atom. The summed E-state index contributed by atoms with van der Waals surface area (Å²) in [4.78, 5) is 31.7. The molecule has 0 saturated carbocycles. The highest BCUT2D eigenvalue weighted by Gasteiger charge is 2.38. The third-order valence-electron chi connectivity index (χ3n) is 6.53. The summed E-state index contributed by atoms with van der Waals surface area (Å²) in [5.74, 6) is 0.0836. The molecule has 1 unspecified atom stereocenters. The van der Waals surface area contributed by atoms with Crippen molar-refractivity contribution < 1.29 is 4.79 Å². The van der Waals surface area contributed by atoms with Crippen molar-refractivity contribution in [3.05, 3.63) is 75.0 Å². The summed E-state index contributed by atoms with van der Waals surface area (Å²) in [6.07, 6.45) is 3.45. The molecule has 2 heterocycles. The lowest BCUT2D eigenvalue weighted by Crippen LogP contribution is -2.38. The van der Waals surface area contributed by atoms with Crippen molar-refractivity contribution in [3.63, 3.8) is 0 Å². The van der Waals surface area contributed by atoms with Crippen LogP contribution in [0.1, 0.15) is 31.4 Å². The van der Waals surface area contributed by atoms with Gasteiger partial charge in [-0.3, -0.25) is 9.59 Å². The first-order valence-corrected chi connectivity index (χ1v) is 12.7. The molecule has 0 spiro atoms. The topological polar surface area (TPSA) is 81.3 Å². The third-order valence-corrected chi connectivity index (χ3v) is 7.42. The number of aromatic nitrogens is 4. The second kappa shape index (κ2) is 8.60. The molecule has 5 rings (SSSR count). The second-order valence-corrected chi connectivity index (χ2v) is 9.93. The quantitative estimate of drug-likeness (QED) is 0.404. The lowest BCUT2D eigenvalue weighted by Gasteiger charge is -2.35. The lowest BCUT2D eigenvalue weighted by atomic mass is 9.69. The number of nitrogens with zero attached hydrogens (tertiary/aromatic N) is 4. The Kier molecular flexibility index (Phi) is 5.73. The Balaban J connectivity index is 1.65. The van der Waals surface area contributed by atoms with Gasteiger partial charge in [0, 0.05) is 21.7 Å². The van der Waals surface area contributed by atoms with Gasteiger partial charge in [0.2, 0.25) is 11.7 Å². The third kappa shape index (κ3) is 3.71. The normalized spacial score (nSPS) is 16.8. The van der Waals surface area contributed by atoms with E-state index in [0.29, 0.717) is 32.9 Å². The number of benzene rings is 2. The van der Waals surface area contributed by atoms with Gasteiger partial charge in [0.05, 0.1) is 11.3 Å². The van der Waals surface area contributed by atoms with E-state index in [4.69, 9.17) is 16.6 Å². The van der Waals surface area contributed by atoms with Gasteiger partial charge in [0.1, 0.15) is 6.54 Å². The number of hydrogen-bond acceptors (Lipinski definition) is 5. The van der Waals surface area contributed by atoms with Gasteiger partial charge in [-0.05, 0) is 48.9 Å². The molecule has 4 aromatic rings. The molecule has 0 saturated heterocycles. The van der Waals surface area contributed by atoms with E-state index in [-0.39, 0.29) is 23.4 Å². The van der Waals surface area contributed by atoms with Crippen molar-refractivity contribution in [2.75, 3.05) is 11.6 Å². The fraction of sp³-hybridized carbons (Fsp3) is 0.280. The maximum atomic E-state index is 13.9. The molecule has 9 heteroatoms. The lowest BCUT2D eigenvalue weighted by molar-refractivity contribution is -0.116. The summed E-state index contributed by atoms with van der Waals surface area (Å²) in [7, 11) is 0. The van der Waals surface area contributed by atoms with Crippen LogP contribution >= 0.6 is 23.4 Å². The zero-order valence-corrected chi connectivity index (χ0v) is 20.7. The minimum absolute atomic E-state index is 0.0788. The van der Waals surface area contributed by atoms with Crippen molar-refractivity contribution in [2.24, 2.45) is 0 Å². The van der Waals surface area contributed by atoms with Gasteiger partial charge in [-0.15, -0.1) is 5.10 Å². The molecule has 0 bridgehead atoms. The van der Waals surface area contributed by atoms with Crippen LogP contribution in [0.5, 0.6) is 0 Å². The van der Waals surface area contributed by atoms with Crippen LogP contribution in [0.15, 0.2) is 58.5 Å². The van der Waals surface area contributed by atoms with E-state index in [9.17, 15) is 9.59 Å². The first-order chi connectivity index (χ1) is 16.3. The van der Waals surface area contributed by atoms with E-state index < -0.39 is 0 Å². The smallest absolute Gasteiger partial charge is 0.265 e. The number of fused-ring (bicyclic) bond motifs is 4. The van der Waals surface area contributed by atoms with E-state index in [2.05, 4.69) is 30.3 Å². The largest absolute Gasteiger partial charge is 0.324 e. The van der Waals surface area contributed by atoms with Crippen LogP contribution in [-0.2, 0) is 23.2 Å². The average molecular weight is 494 g/mol. The number of carbonyl (C=O) groups excluding carboxylic acids is 1. The Hall–Kier alpha value is -3.10. The molecular formula is C25H24ClN5O2S. The molecule has 2 aromatic heterocycles. The number of hydrogen-bond donors (Lipinski definition) is 1. The monoisotopic (exact) mass is 493 g/mol.